The zero-order chi connectivity index (χ0) is 15.9. The molecule has 0 aromatic heterocycles. The average Bonchev–Trinajstić information content (AvgIpc) is 2.94. The molecular weight excluding hydrogens is 282 g/mol. The van der Waals surface area contributed by atoms with Gasteiger partial charge in [0.1, 0.15) is 11.3 Å². The van der Waals surface area contributed by atoms with Gasteiger partial charge in [-0.15, -0.1) is 0 Å². The zero-order valence-electron chi connectivity index (χ0n) is 12.7. The number of fused-ring (bicyclic) bond motifs is 1. The molecule has 1 fully saturated rings. The first-order valence-corrected chi connectivity index (χ1v) is 7.18. The minimum Gasteiger partial charge on any atom is -0.497 e. The molecule has 2 heterocycles. The van der Waals surface area contributed by atoms with E-state index < -0.39 is 11.6 Å². The van der Waals surface area contributed by atoms with Crippen molar-refractivity contribution in [2.75, 3.05) is 13.7 Å². The summed E-state index contributed by atoms with van der Waals surface area (Å²) in [5, 5.41) is 4.96. The van der Waals surface area contributed by atoms with Gasteiger partial charge in [-0.3, -0.25) is 10.1 Å². The van der Waals surface area contributed by atoms with Gasteiger partial charge in [-0.05, 0) is 31.0 Å². The standard InChI is InChI=1S/C16H19N3O3/c1-10-13-8-12(22-3)5-4-11(13)9-19(10)7-6-16(2)14(20)17-15(21)18-16/h4-5,8H,1,6-7,9H2,2-3H3,(H2,17,18,20,21). The number of rotatable bonds is 4. The monoisotopic (exact) mass is 301 g/mol. The molecule has 0 spiro atoms. The number of nitrogens with one attached hydrogen (secondary N) is 2. The molecule has 22 heavy (non-hydrogen) atoms. The maximum absolute atomic E-state index is 11.8. The van der Waals surface area contributed by atoms with E-state index in [1.54, 1.807) is 14.0 Å². The van der Waals surface area contributed by atoms with Crippen molar-refractivity contribution in [3.05, 3.63) is 35.9 Å². The lowest BCUT2D eigenvalue weighted by Gasteiger charge is -2.26. The molecule has 1 atom stereocenters. The molecule has 1 unspecified atom stereocenters. The van der Waals surface area contributed by atoms with Crippen LogP contribution in [0.4, 0.5) is 4.79 Å². The van der Waals surface area contributed by atoms with Crippen LogP contribution >= 0.6 is 0 Å². The highest BCUT2D eigenvalue weighted by Crippen LogP contribution is 2.34. The minimum absolute atomic E-state index is 0.276. The summed E-state index contributed by atoms with van der Waals surface area (Å²) in [7, 11) is 1.64. The molecule has 6 nitrogen and oxygen atoms in total. The molecular formula is C16H19N3O3. The Balaban J connectivity index is 1.69. The summed E-state index contributed by atoms with van der Waals surface area (Å²) in [5.41, 5.74) is 2.33. The number of imide groups is 1. The Kier molecular flexibility index (Phi) is 3.31. The average molecular weight is 301 g/mol. The van der Waals surface area contributed by atoms with Crippen molar-refractivity contribution in [3.8, 4) is 5.75 Å². The van der Waals surface area contributed by atoms with Crippen molar-refractivity contribution in [3.63, 3.8) is 0 Å². The quantitative estimate of drug-likeness (QED) is 0.826. The highest BCUT2D eigenvalue weighted by atomic mass is 16.5. The maximum atomic E-state index is 11.8. The Morgan fingerprint density at radius 2 is 2.18 bits per heavy atom. The molecule has 2 aliphatic rings. The fourth-order valence-corrected chi connectivity index (χ4v) is 2.89. The highest BCUT2D eigenvalue weighted by molar-refractivity contribution is 6.06. The summed E-state index contributed by atoms with van der Waals surface area (Å²) in [4.78, 5) is 25.3. The smallest absolute Gasteiger partial charge is 0.322 e. The molecule has 1 aromatic carbocycles. The van der Waals surface area contributed by atoms with Crippen LogP contribution in [0.5, 0.6) is 5.75 Å². The molecule has 0 saturated carbocycles. The predicted octanol–water partition coefficient (Wildman–Crippen LogP) is 1.47. The highest BCUT2D eigenvalue weighted by Gasteiger charge is 2.42. The van der Waals surface area contributed by atoms with Gasteiger partial charge in [-0.2, -0.15) is 0 Å². The van der Waals surface area contributed by atoms with Crippen LogP contribution in [0.25, 0.3) is 5.70 Å². The Labute approximate surface area is 129 Å². The molecule has 2 N–H and O–H groups in total. The van der Waals surface area contributed by atoms with Crippen LogP contribution in [0.3, 0.4) is 0 Å². The Morgan fingerprint density at radius 3 is 2.82 bits per heavy atom. The lowest BCUT2D eigenvalue weighted by Crippen LogP contribution is -2.45. The molecule has 116 valence electrons. The summed E-state index contributed by atoms with van der Waals surface area (Å²) in [6.07, 6.45) is 0.523. The van der Waals surface area contributed by atoms with E-state index in [9.17, 15) is 9.59 Å². The summed E-state index contributed by atoms with van der Waals surface area (Å²) in [6, 6.07) is 5.51. The second-order valence-corrected chi connectivity index (χ2v) is 5.88. The third kappa shape index (κ3) is 2.30. The van der Waals surface area contributed by atoms with Crippen molar-refractivity contribution >= 4 is 17.6 Å². The van der Waals surface area contributed by atoms with Crippen LogP contribution < -0.4 is 15.4 Å². The van der Waals surface area contributed by atoms with Gasteiger partial charge in [0, 0.05) is 24.4 Å². The molecule has 6 heteroatoms. The van der Waals surface area contributed by atoms with Gasteiger partial charge in [0.25, 0.3) is 5.91 Å². The van der Waals surface area contributed by atoms with Gasteiger partial charge in [0.15, 0.2) is 0 Å². The third-order valence-corrected chi connectivity index (χ3v) is 4.37. The first-order valence-electron chi connectivity index (χ1n) is 7.18. The fourth-order valence-electron chi connectivity index (χ4n) is 2.89. The van der Waals surface area contributed by atoms with E-state index in [2.05, 4.69) is 22.1 Å². The van der Waals surface area contributed by atoms with Crippen molar-refractivity contribution in [2.24, 2.45) is 0 Å². The number of hydrogen-bond acceptors (Lipinski definition) is 4. The van der Waals surface area contributed by atoms with E-state index >= 15 is 0 Å². The topological polar surface area (TPSA) is 70.7 Å². The van der Waals surface area contributed by atoms with E-state index in [1.165, 1.54) is 5.56 Å². The predicted molar refractivity (Wildman–Crippen MR) is 82.1 cm³/mol. The second kappa shape index (κ2) is 5.05. The van der Waals surface area contributed by atoms with E-state index in [4.69, 9.17) is 4.74 Å². The summed E-state index contributed by atoms with van der Waals surface area (Å²) < 4.78 is 5.25. The second-order valence-electron chi connectivity index (χ2n) is 5.88. The number of carbonyl (C=O) groups is 2. The van der Waals surface area contributed by atoms with E-state index in [0.717, 1.165) is 23.6 Å². The van der Waals surface area contributed by atoms with Gasteiger partial charge in [0.2, 0.25) is 0 Å². The molecule has 1 saturated heterocycles. The Hall–Kier alpha value is -2.50. The van der Waals surface area contributed by atoms with Crippen LogP contribution in [0, 0.1) is 0 Å². The first kappa shape index (κ1) is 14.4. The van der Waals surface area contributed by atoms with Crippen LogP contribution in [0.15, 0.2) is 24.8 Å². The van der Waals surface area contributed by atoms with Crippen molar-refractivity contribution in [1.29, 1.82) is 0 Å². The minimum atomic E-state index is -0.857. The summed E-state index contributed by atoms with van der Waals surface area (Å²) in [6.45, 7) is 7.27. The van der Waals surface area contributed by atoms with Crippen LogP contribution in [0.1, 0.15) is 24.5 Å². The van der Waals surface area contributed by atoms with Gasteiger partial charge in [-0.25, -0.2) is 4.79 Å². The lowest BCUT2D eigenvalue weighted by atomic mass is 9.98. The molecule has 1 aromatic rings. The number of nitrogens with zero attached hydrogens (tertiary/aromatic N) is 1. The third-order valence-electron chi connectivity index (χ3n) is 4.37. The van der Waals surface area contributed by atoms with Crippen LogP contribution in [0.2, 0.25) is 0 Å². The summed E-state index contributed by atoms with van der Waals surface area (Å²) in [5.74, 6) is 0.526. The number of amides is 3. The van der Waals surface area contributed by atoms with E-state index in [0.29, 0.717) is 13.0 Å². The number of hydrogen-bond donors (Lipinski definition) is 2. The van der Waals surface area contributed by atoms with Gasteiger partial charge >= 0.3 is 6.03 Å². The van der Waals surface area contributed by atoms with Gasteiger partial charge in [-0.1, -0.05) is 12.6 Å². The normalized spacial score (nSPS) is 23.4. The molecule has 0 radical (unpaired) electrons. The number of benzene rings is 1. The molecule has 3 amide bonds. The van der Waals surface area contributed by atoms with Crippen molar-refractivity contribution in [1.82, 2.24) is 15.5 Å². The molecule has 0 bridgehead atoms. The van der Waals surface area contributed by atoms with Crippen molar-refractivity contribution in [2.45, 2.75) is 25.4 Å². The van der Waals surface area contributed by atoms with Gasteiger partial charge < -0.3 is 15.0 Å². The fraction of sp³-hybridized carbons (Fsp3) is 0.375. The largest absolute Gasteiger partial charge is 0.497 e. The van der Waals surface area contributed by atoms with E-state index in [1.807, 2.05) is 18.2 Å². The van der Waals surface area contributed by atoms with Crippen molar-refractivity contribution < 1.29 is 14.3 Å². The maximum Gasteiger partial charge on any atom is 0.322 e. The molecule has 0 aliphatic carbocycles. The van der Waals surface area contributed by atoms with Crippen LogP contribution in [-0.4, -0.2) is 36.0 Å². The lowest BCUT2D eigenvalue weighted by molar-refractivity contribution is -0.123. The first-order chi connectivity index (χ1) is 10.4. The zero-order valence-corrected chi connectivity index (χ0v) is 12.7. The number of carbonyl (C=O) groups excluding carboxylic acids is 2. The number of methoxy groups -OCH3 is 1. The molecule has 2 aliphatic heterocycles. The summed E-state index contributed by atoms with van der Waals surface area (Å²) >= 11 is 0. The van der Waals surface area contributed by atoms with E-state index in [-0.39, 0.29) is 5.91 Å². The SMILES string of the molecule is C=C1c2cc(OC)ccc2CN1CCC1(C)NC(=O)NC1=O. The Bertz CT molecular complexity index is 671. The number of urea groups is 1. The van der Waals surface area contributed by atoms with Crippen LogP contribution in [-0.2, 0) is 11.3 Å². The van der Waals surface area contributed by atoms with Gasteiger partial charge in [0.05, 0.1) is 7.11 Å². The number of ether oxygens (including phenoxy) is 1. The molecule has 3 rings (SSSR count). The Morgan fingerprint density at radius 1 is 1.41 bits per heavy atom.